The fourth-order valence-electron chi connectivity index (χ4n) is 3.48. The Morgan fingerprint density at radius 2 is 1.82 bits per heavy atom. The number of nitrogens with two attached hydrogens (primary N) is 1. The Labute approximate surface area is 235 Å². The summed E-state index contributed by atoms with van der Waals surface area (Å²) in [6.45, 7) is 3.59. The molecule has 3 atom stereocenters. The lowest BCUT2D eigenvalue weighted by molar-refractivity contribution is -0.143. The molecule has 0 saturated heterocycles. The summed E-state index contributed by atoms with van der Waals surface area (Å²) in [4.78, 5) is 16.0. The molecular weight excluding hydrogens is 545 g/mol. The number of halogens is 3. The summed E-state index contributed by atoms with van der Waals surface area (Å²) in [7, 11) is 0. The Bertz CT molecular complexity index is 1330. The summed E-state index contributed by atoms with van der Waals surface area (Å²) in [5.41, 5.74) is 6.40. The van der Waals surface area contributed by atoms with Crippen LogP contribution in [0.4, 0.5) is 13.2 Å². The first-order chi connectivity index (χ1) is 18.5. The molecule has 0 aromatic heterocycles. The Hall–Kier alpha value is -3.21. The number of carbonyl (C=O) groups is 1. The second-order valence-corrected chi connectivity index (χ2v) is 10.5. The van der Waals surface area contributed by atoms with Crippen molar-refractivity contribution in [2.75, 3.05) is 0 Å². The van der Waals surface area contributed by atoms with Gasteiger partial charge in [0.1, 0.15) is 12.4 Å². The standard InChI is InChI=1S/C29H29F3N2O3S2/c1-18(19(2)28(35)36)25(33)15-34-16-26(38)21-11-12-27(24(13-21)29(30,31)32)39-23-10-6-9-22(14-23)37-17-20-7-4-3-5-8-20/h3-16,18-19,25,38H,17,33H2,1-2H3,(H,35,36)/b26-16-,34-15?/t18?,19?,25-/m1/s1. The quantitative estimate of drug-likeness (QED) is 0.164. The van der Waals surface area contributed by atoms with Crippen molar-refractivity contribution in [3.63, 3.8) is 0 Å². The normalized spacial score (nSPS) is 14.7. The zero-order chi connectivity index (χ0) is 28.6. The van der Waals surface area contributed by atoms with Crippen molar-refractivity contribution in [1.29, 1.82) is 0 Å². The Morgan fingerprint density at radius 1 is 1.10 bits per heavy atom. The second kappa shape index (κ2) is 13.7. The van der Waals surface area contributed by atoms with Gasteiger partial charge in [0, 0.05) is 33.2 Å². The molecule has 0 amide bonds. The minimum Gasteiger partial charge on any atom is -0.489 e. The third kappa shape index (κ3) is 8.91. The summed E-state index contributed by atoms with van der Waals surface area (Å²) >= 11 is 5.30. The van der Waals surface area contributed by atoms with Crippen molar-refractivity contribution in [3.8, 4) is 5.75 Å². The molecule has 5 nitrogen and oxygen atoms in total. The number of carboxylic acid groups (broad SMARTS) is 1. The maximum absolute atomic E-state index is 14.0. The summed E-state index contributed by atoms with van der Waals surface area (Å²) in [6, 6.07) is 19.8. The van der Waals surface area contributed by atoms with Gasteiger partial charge in [0.05, 0.1) is 11.5 Å². The third-order valence-corrected chi connectivity index (χ3v) is 7.54. The van der Waals surface area contributed by atoms with E-state index in [1.165, 1.54) is 24.5 Å². The first-order valence-electron chi connectivity index (χ1n) is 12.0. The minimum atomic E-state index is -4.60. The highest BCUT2D eigenvalue weighted by Gasteiger charge is 2.34. The lowest BCUT2D eigenvalue weighted by atomic mass is 9.90. The number of rotatable bonds is 11. The number of benzene rings is 3. The van der Waals surface area contributed by atoms with E-state index in [2.05, 4.69) is 17.6 Å². The number of thiol groups is 1. The smallest absolute Gasteiger partial charge is 0.417 e. The van der Waals surface area contributed by atoms with E-state index in [1.54, 1.807) is 38.1 Å². The number of alkyl halides is 3. The maximum atomic E-state index is 14.0. The molecule has 0 aliphatic carbocycles. The van der Waals surface area contributed by atoms with Crippen LogP contribution in [0.15, 0.2) is 93.8 Å². The minimum absolute atomic E-state index is 0.0367. The highest BCUT2D eigenvalue weighted by molar-refractivity contribution is 7.99. The highest BCUT2D eigenvalue weighted by atomic mass is 32.2. The molecule has 0 bridgehead atoms. The predicted octanol–water partition coefficient (Wildman–Crippen LogP) is 7.42. The summed E-state index contributed by atoms with van der Waals surface area (Å²) in [6.07, 6.45) is -1.94. The number of nitrogens with zero attached hydrogens (tertiary/aromatic N) is 1. The van der Waals surface area contributed by atoms with Crippen LogP contribution in [0.3, 0.4) is 0 Å². The van der Waals surface area contributed by atoms with E-state index in [0.29, 0.717) is 17.3 Å². The average Bonchev–Trinajstić information content (AvgIpc) is 2.91. The van der Waals surface area contributed by atoms with Crippen molar-refractivity contribution in [2.45, 2.75) is 42.5 Å². The van der Waals surface area contributed by atoms with Crippen molar-refractivity contribution < 1.29 is 27.8 Å². The van der Waals surface area contributed by atoms with Crippen LogP contribution >= 0.6 is 24.4 Å². The molecule has 0 saturated carbocycles. The molecule has 3 aromatic carbocycles. The van der Waals surface area contributed by atoms with Crippen LogP contribution in [0.5, 0.6) is 5.75 Å². The van der Waals surface area contributed by atoms with Crippen LogP contribution in [-0.4, -0.2) is 23.3 Å². The first kappa shape index (κ1) is 30.3. The van der Waals surface area contributed by atoms with Crippen LogP contribution in [0.25, 0.3) is 4.91 Å². The van der Waals surface area contributed by atoms with Crippen LogP contribution in [0.1, 0.15) is 30.5 Å². The van der Waals surface area contributed by atoms with Crippen molar-refractivity contribution in [3.05, 3.63) is 95.7 Å². The molecule has 3 aromatic rings. The number of aliphatic carboxylic acids is 1. The number of hydrogen-bond donors (Lipinski definition) is 3. The molecule has 0 aliphatic heterocycles. The van der Waals surface area contributed by atoms with Gasteiger partial charge in [0.15, 0.2) is 0 Å². The molecule has 2 unspecified atom stereocenters. The van der Waals surface area contributed by atoms with Crippen molar-refractivity contribution in [2.24, 2.45) is 22.6 Å². The van der Waals surface area contributed by atoms with Crippen molar-refractivity contribution in [1.82, 2.24) is 0 Å². The third-order valence-electron chi connectivity index (χ3n) is 6.10. The Balaban J connectivity index is 1.76. The fourth-order valence-corrected chi connectivity index (χ4v) is 4.68. The molecule has 206 valence electrons. The van der Waals surface area contributed by atoms with E-state index in [-0.39, 0.29) is 15.4 Å². The SMILES string of the molecule is CC(C(=O)O)C(C)[C@H](N)C=N/C=C(\S)c1ccc(Sc2cccc(OCc3ccccc3)c2)c(C(F)(F)F)c1. The highest BCUT2D eigenvalue weighted by Crippen LogP contribution is 2.41. The lowest BCUT2D eigenvalue weighted by Crippen LogP contribution is -2.36. The molecule has 10 heteroatoms. The van der Waals surface area contributed by atoms with Gasteiger partial charge in [-0.2, -0.15) is 13.2 Å². The van der Waals surface area contributed by atoms with Crippen LogP contribution in [0, 0.1) is 11.8 Å². The van der Waals surface area contributed by atoms with E-state index < -0.39 is 35.6 Å². The second-order valence-electron chi connectivity index (χ2n) is 8.94. The predicted molar refractivity (Wildman–Crippen MR) is 152 cm³/mol. The van der Waals surface area contributed by atoms with Gasteiger partial charge in [-0.05, 0) is 47.4 Å². The topological polar surface area (TPSA) is 84.9 Å². The molecule has 0 heterocycles. The molecule has 0 aliphatic rings. The van der Waals surface area contributed by atoms with E-state index in [9.17, 15) is 18.0 Å². The number of ether oxygens (including phenoxy) is 1. The molecule has 0 radical (unpaired) electrons. The fraction of sp³-hybridized carbons (Fsp3) is 0.241. The zero-order valence-corrected chi connectivity index (χ0v) is 23.0. The maximum Gasteiger partial charge on any atom is 0.417 e. The van der Waals surface area contributed by atoms with Gasteiger partial charge in [-0.1, -0.05) is 68.1 Å². The van der Waals surface area contributed by atoms with Gasteiger partial charge in [0.2, 0.25) is 0 Å². The summed E-state index contributed by atoms with van der Waals surface area (Å²) in [5, 5.41) is 9.13. The average molecular weight is 575 g/mol. The monoisotopic (exact) mass is 574 g/mol. The van der Waals surface area contributed by atoms with Crippen LogP contribution < -0.4 is 10.5 Å². The lowest BCUT2D eigenvalue weighted by Gasteiger charge is -2.19. The molecule has 39 heavy (non-hydrogen) atoms. The first-order valence-corrected chi connectivity index (χ1v) is 13.3. The Morgan fingerprint density at radius 3 is 2.49 bits per heavy atom. The van der Waals surface area contributed by atoms with Gasteiger partial charge < -0.3 is 15.6 Å². The van der Waals surface area contributed by atoms with E-state index in [1.807, 2.05) is 30.3 Å². The number of carboxylic acids is 1. The largest absolute Gasteiger partial charge is 0.489 e. The zero-order valence-electron chi connectivity index (χ0n) is 21.3. The molecule has 0 spiro atoms. The Kier molecular flexibility index (Phi) is 10.7. The van der Waals surface area contributed by atoms with Gasteiger partial charge in [-0.25, -0.2) is 0 Å². The summed E-state index contributed by atoms with van der Waals surface area (Å²) in [5.74, 6) is -1.49. The van der Waals surface area contributed by atoms with E-state index >= 15 is 0 Å². The van der Waals surface area contributed by atoms with Gasteiger partial charge in [-0.3, -0.25) is 9.79 Å². The van der Waals surface area contributed by atoms with Crippen LogP contribution in [-0.2, 0) is 17.6 Å². The number of hydrogen-bond acceptors (Lipinski definition) is 6. The van der Waals surface area contributed by atoms with Gasteiger partial charge in [0.25, 0.3) is 0 Å². The van der Waals surface area contributed by atoms with E-state index in [0.717, 1.165) is 23.4 Å². The van der Waals surface area contributed by atoms with Crippen molar-refractivity contribution >= 4 is 41.5 Å². The van der Waals surface area contributed by atoms with Gasteiger partial charge in [-0.15, -0.1) is 12.6 Å². The number of aliphatic imine (C=N–C) groups is 1. The van der Waals surface area contributed by atoms with Crippen LogP contribution in [0.2, 0.25) is 0 Å². The van der Waals surface area contributed by atoms with E-state index in [4.69, 9.17) is 15.6 Å². The molecule has 3 rings (SSSR count). The molecule has 0 fully saturated rings. The molecule has 3 N–H and O–H groups in total. The molecular formula is C29H29F3N2O3S2. The summed E-state index contributed by atoms with van der Waals surface area (Å²) < 4.78 is 47.8. The van der Waals surface area contributed by atoms with Gasteiger partial charge >= 0.3 is 12.1 Å².